The summed E-state index contributed by atoms with van der Waals surface area (Å²) in [5.74, 6) is -1.92. The number of nitrogens with one attached hydrogen (secondary N) is 2. The minimum Gasteiger partial charge on any atom is -0.462 e. The zero-order valence-electron chi connectivity index (χ0n) is 19.5. The molecule has 0 aliphatic rings. The van der Waals surface area contributed by atoms with E-state index >= 15 is 0 Å². The van der Waals surface area contributed by atoms with Gasteiger partial charge in [-0.25, -0.2) is 4.79 Å². The van der Waals surface area contributed by atoms with Crippen molar-refractivity contribution >= 4 is 51.1 Å². The summed E-state index contributed by atoms with van der Waals surface area (Å²) >= 11 is 3.46. The quantitative estimate of drug-likeness (QED) is 0.313. The van der Waals surface area contributed by atoms with Gasteiger partial charge in [-0.3, -0.25) is 14.4 Å². The standard InChI is InChI=1S/C25H29BrN2O6/c1-4-5-12-33-25(32)18-6-8-19(9-7-18)27-21(29)10-11-23(31)34-15-22(30)28-20-13-16(2)24(26)17(3)14-20/h6-9,13-14H,4-5,10-12,15H2,1-3H3,(H,27,29)(H,28,30). The maximum absolute atomic E-state index is 12.1. The first kappa shape index (κ1) is 27.0. The summed E-state index contributed by atoms with van der Waals surface area (Å²) < 4.78 is 11.1. The van der Waals surface area contributed by atoms with Gasteiger partial charge < -0.3 is 20.1 Å². The Morgan fingerprint density at radius 1 is 0.853 bits per heavy atom. The molecule has 0 saturated heterocycles. The van der Waals surface area contributed by atoms with Crippen LogP contribution in [0.5, 0.6) is 0 Å². The summed E-state index contributed by atoms with van der Waals surface area (Å²) in [4.78, 5) is 47.9. The van der Waals surface area contributed by atoms with Crippen LogP contribution in [0.15, 0.2) is 40.9 Å². The van der Waals surface area contributed by atoms with Gasteiger partial charge in [-0.15, -0.1) is 0 Å². The number of aryl methyl sites for hydroxylation is 2. The van der Waals surface area contributed by atoms with Crippen molar-refractivity contribution in [3.8, 4) is 0 Å². The number of benzene rings is 2. The molecule has 0 spiro atoms. The van der Waals surface area contributed by atoms with Crippen LogP contribution >= 0.6 is 15.9 Å². The predicted molar refractivity (Wildman–Crippen MR) is 133 cm³/mol. The van der Waals surface area contributed by atoms with E-state index in [-0.39, 0.29) is 18.7 Å². The molecular weight excluding hydrogens is 504 g/mol. The van der Waals surface area contributed by atoms with Crippen molar-refractivity contribution in [3.05, 3.63) is 57.6 Å². The van der Waals surface area contributed by atoms with Gasteiger partial charge in [-0.1, -0.05) is 29.3 Å². The Hall–Kier alpha value is -3.20. The highest BCUT2D eigenvalue weighted by atomic mass is 79.9. The van der Waals surface area contributed by atoms with E-state index in [2.05, 4.69) is 26.6 Å². The number of unbranched alkanes of at least 4 members (excludes halogenated alkanes) is 1. The topological polar surface area (TPSA) is 111 Å². The monoisotopic (exact) mass is 532 g/mol. The minimum atomic E-state index is -0.654. The molecular formula is C25H29BrN2O6. The van der Waals surface area contributed by atoms with Crippen LogP contribution < -0.4 is 10.6 Å². The van der Waals surface area contributed by atoms with Crippen molar-refractivity contribution in [3.63, 3.8) is 0 Å². The lowest BCUT2D eigenvalue weighted by Gasteiger charge is -2.10. The molecule has 0 aliphatic carbocycles. The van der Waals surface area contributed by atoms with Crippen molar-refractivity contribution in [2.75, 3.05) is 23.8 Å². The summed E-state index contributed by atoms with van der Waals surface area (Å²) in [6.07, 6.45) is 1.46. The van der Waals surface area contributed by atoms with Crippen LogP contribution in [-0.4, -0.2) is 37.0 Å². The molecule has 2 rings (SSSR count). The Kier molecular flexibility index (Phi) is 10.7. The van der Waals surface area contributed by atoms with Crippen LogP contribution in [0.1, 0.15) is 54.1 Å². The number of hydrogen-bond acceptors (Lipinski definition) is 6. The van der Waals surface area contributed by atoms with E-state index < -0.39 is 24.5 Å². The Labute approximate surface area is 207 Å². The van der Waals surface area contributed by atoms with E-state index in [1.165, 1.54) is 0 Å². The molecule has 0 radical (unpaired) electrons. The maximum atomic E-state index is 12.1. The third kappa shape index (κ3) is 8.97. The molecule has 0 aromatic heterocycles. The first-order chi connectivity index (χ1) is 16.2. The normalized spacial score (nSPS) is 10.4. The SMILES string of the molecule is CCCCOC(=O)c1ccc(NC(=O)CCC(=O)OCC(=O)Nc2cc(C)c(Br)c(C)c2)cc1. The molecule has 34 heavy (non-hydrogen) atoms. The van der Waals surface area contributed by atoms with Gasteiger partial charge in [0.1, 0.15) is 0 Å². The van der Waals surface area contributed by atoms with Gasteiger partial charge in [-0.2, -0.15) is 0 Å². The van der Waals surface area contributed by atoms with E-state index in [1.807, 2.05) is 32.9 Å². The largest absolute Gasteiger partial charge is 0.462 e. The van der Waals surface area contributed by atoms with Crippen LogP contribution in [0.25, 0.3) is 0 Å². The van der Waals surface area contributed by atoms with E-state index in [0.717, 1.165) is 28.4 Å². The van der Waals surface area contributed by atoms with Crippen LogP contribution in [-0.2, 0) is 23.9 Å². The van der Waals surface area contributed by atoms with Crippen LogP contribution in [0.2, 0.25) is 0 Å². The van der Waals surface area contributed by atoms with Crippen LogP contribution in [0.3, 0.4) is 0 Å². The molecule has 0 heterocycles. The number of carbonyl (C=O) groups is 4. The van der Waals surface area contributed by atoms with Crippen molar-refractivity contribution in [1.29, 1.82) is 0 Å². The molecule has 0 saturated carbocycles. The fourth-order valence-electron chi connectivity index (χ4n) is 2.95. The zero-order valence-corrected chi connectivity index (χ0v) is 21.1. The highest BCUT2D eigenvalue weighted by Crippen LogP contribution is 2.25. The van der Waals surface area contributed by atoms with Crippen molar-refractivity contribution in [2.45, 2.75) is 46.5 Å². The third-order valence-electron chi connectivity index (χ3n) is 4.78. The molecule has 2 aromatic carbocycles. The highest BCUT2D eigenvalue weighted by molar-refractivity contribution is 9.10. The number of hydrogen-bond donors (Lipinski definition) is 2. The lowest BCUT2D eigenvalue weighted by Crippen LogP contribution is -2.22. The zero-order chi connectivity index (χ0) is 25.1. The Morgan fingerprint density at radius 2 is 1.47 bits per heavy atom. The minimum absolute atomic E-state index is 0.105. The third-order valence-corrected chi connectivity index (χ3v) is 6.03. The summed E-state index contributed by atoms with van der Waals surface area (Å²) in [5, 5.41) is 5.33. The molecule has 2 amide bonds. The van der Waals surface area contributed by atoms with Gasteiger partial charge >= 0.3 is 11.9 Å². The Bertz CT molecular complexity index is 1010. The summed E-state index contributed by atoms with van der Waals surface area (Å²) in [6, 6.07) is 9.91. The highest BCUT2D eigenvalue weighted by Gasteiger charge is 2.13. The second kappa shape index (κ2) is 13.5. The lowest BCUT2D eigenvalue weighted by molar-refractivity contribution is -0.147. The molecule has 8 nitrogen and oxygen atoms in total. The van der Waals surface area contributed by atoms with Gasteiger partial charge in [0.15, 0.2) is 6.61 Å². The molecule has 9 heteroatoms. The number of ether oxygens (including phenoxy) is 2. The number of rotatable bonds is 11. The molecule has 0 aliphatic heterocycles. The Balaban J connectivity index is 1.71. The molecule has 0 atom stereocenters. The van der Waals surface area contributed by atoms with Gasteiger partial charge in [-0.05, 0) is 67.8 Å². The number of anilines is 2. The molecule has 2 aromatic rings. The average molecular weight is 533 g/mol. The summed E-state index contributed by atoms with van der Waals surface area (Å²) in [6.45, 7) is 5.76. The van der Waals surface area contributed by atoms with Gasteiger partial charge in [0.2, 0.25) is 5.91 Å². The number of halogens is 1. The van der Waals surface area contributed by atoms with E-state index in [0.29, 0.717) is 23.5 Å². The fraction of sp³-hybridized carbons (Fsp3) is 0.360. The molecule has 0 bridgehead atoms. The van der Waals surface area contributed by atoms with E-state index in [9.17, 15) is 19.2 Å². The van der Waals surface area contributed by atoms with Crippen LogP contribution in [0, 0.1) is 13.8 Å². The Morgan fingerprint density at radius 3 is 2.09 bits per heavy atom. The first-order valence-electron chi connectivity index (χ1n) is 11.0. The second-order valence-corrected chi connectivity index (χ2v) is 8.54. The number of esters is 2. The molecule has 182 valence electrons. The summed E-state index contributed by atoms with van der Waals surface area (Å²) in [5.41, 5.74) is 3.44. The first-order valence-corrected chi connectivity index (χ1v) is 11.8. The second-order valence-electron chi connectivity index (χ2n) is 7.75. The number of carbonyl (C=O) groups excluding carboxylic acids is 4. The molecule has 0 fully saturated rings. The molecule has 2 N–H and O–H groups in total. The van der Waals surface area contributed by atoms with Gasteiger partial charge in [0.05, 0.1) is 18.6 Å². The predicted octanol–water partition coefficient (Wildman–Crippen LogP) is 4.92. The van der Waals surface area contributed by atoms with Gasteiger partial charge in [0.25, 0.3) is 5.91 Å². The van der Waals surface area contributed by atoms with E-state index in [4.69, 9.17) is 9.47 Å². The average Bonchev–Trinajstić information content (AvgIpc) is 2.80. The van der Waals surface area contributed by atoms with Crippen molar-refractivity contribution < 1.29 is 28.7 Å². The van der Waals surface area contributed by atoms with Crippen molar-refractivity contribution in [1.82, 2.24) is 0 Å². The number of amides is 2. The maximum Gasteiger partial charge on any atom is 0.338 e. The smallest absolute Gasteiger partial charge is 0.338 e. The van der Waals surface area contributed by atoms with Crippen LogP contribution in [0.4, 0.5) is 11.4 Å². The van der Waals surface area contributed by atoms with Gasteiger partial charge in [0, 0.05) is 22.3 Å². The lowest BCUT2D eigenvalue weighted by atomic mass is 10.1. The summed E-state index contributed by atoms with van der Waals surface area (Å²) in [7, 11) is 0. The van der Waals surface area contributed by atoms with Crippen molar-refractivity contribution in [2.24, 2.45) is 0 Å². The van der Waals surface area contributed by atoms with E-state index in [1.54, 1.807) is 24.3 Å². The molecule has 0 unspecified atom stereocenters. The fourth-order valence-corrected chi connectivity index (χ4v) is 3.18.